The van der Waals surface area contributed by atoms with Crippen LogP contribution in [0.25, 0.3) is 11.4 Å². The van der Waals surface area contributed by atoms with Crippen molar-refractivity contribution in [3.05, 3.63) is 58.9 Å². The van der Waals surface area contributed by atoms with E-state index in [-0.39, 0.29) is 18.4 Å². The van der Waals surface area contributed by atoms with Crippen LogP contribution in [-0.2, 0) is 11.4 Å². The predicted octanol–water partition coefficient (Wildman–Crippen LogP) is 4.70. The van der Waals surface area contributed by atoms with Gasteiger partial charge in [0.2, 0.25) is 11.7 Å². The Kier molecular flexibility index (Phi) is 7.33. The van der Waals surface area contributed by atoms with Crippen molar-refractivity contribution < 1.29 is 23.9 Å². The molecule has 1 aromatic heterocycles. The van der Waals surface area contributed by atoms with E-state index in [1.54, 1.807) is 26.2 Å². The smallest absolute Gasteiger partial charge is 0.264 e. The first kappa shape index (κ1) is 25.0. The first-order chi connectivity index (χ1) is 16.7. The maximum atomic E-state index is 12.4. The normalized spacial score (nSPS) is 20.6. The fourth-order valence-electron chi connectivity index (χ4n) is 4.53. The summed E-state index contributed by atoms with van der Waals surface area (Å²) in [7, 11) is 1.57. The molecule has 186 valence electrons. The summed E-state index contributed by atoms with van der Waals surface area (Å²) in [4.78, 5) is 18.7. The van der Waals surface area contributed by atoms with Gasteiger partial charge in [-0.25, -0.2) is 0 Å². The van der Waals surface area contributed by atoms with Gasteiger partial charge in [-0.05, 0) is 48.9 Å². The lowest BCUT2D eigenvalue weighted by atomic mass is 9.72. The zero-order valence-corrected chi connectivity index (χ0v) is 21.1. The number of ether oxygens (including phenoxy) is 2. The molecule has 1 N–H and O–H groups in total. The average molecular weight is 500 g/mol. The third-order valence-corrected chi connectivity index (χ3v) is 7.10. The monoisotopic (exact) mass is 499 g/mol. The number of carbonyl (C=O) groups excluding carboxylic acids is 1. The Hall–Kier alpha value is -3.10. The van der Waals surface area contributed by atoms with E-state index < -0.39 is 11.5 Å². The van der Waals surface area contributed by atoms with E-state index in [2.05, 4.69) is 10.1 Å². The molecule has 3 aromatic rings. The van der Waals surface area contributed by atoms with Gasteiger partial charge >= 0.3 is 0 Å². The largest absolute Gasteiger partial charge is 0.493 e. The molecule has 1 aliphatic rings. The highest BCUT2D eigenvalue weighted by Gasteiger charge is 2.48. The van der Waals surface area contributed by atoms with Crippen molar-refractivity contribution in [3.63, 3.8) is 0 Å². The molecule has 2 heterocycles. The molecule has 1 fully saturated rings. The molecule has 9 heteroatoms. The number of aliphatic hydroxyl groups excluding tert-OH is 1. The van der Waals surface area contributed by atoms with Gasteiger partial charge in [-0.2, -0.15) is 4.98 Å². The lowest BCUT2D eigenvalue weighted by molar-refractivity contribution is -0.130. The Morgan fingerprint density at radius 1 is 1.29 bits per heavy atom. The summed E-state index contributed by atoms with van der Waals surface area (Å²) >= 11 is 5.95. The zero-order valence-electron chi connectivity index (χ0n) is 20.3. The molecule has 8 nitrogen and oxygen atoms in total. The lowest BCUT2D eigenvalue weighted by Crippen LogP contribution is -2.38. The van der Waals surface area contributed by atoms with Crippen LogP contribution >= 0.6 is 11.6 Å². The predicted molar refractivity (Wildman–Crippen MR) is 131 cm³/mol. The number of amides is 1. The van der Waals surface area contributed by atoms with E-state index in [1.807, 2.05) is 49.1 Å². The molecule has 3 atom stereocenters. The van der Waals surface area contributed by atoms with Crippen molar-refractivity contribution in [2.75, 3.05) is 20.2 Å². The highest BCUT2D eigenvalue weighted by Crippen LogP contribution is 2.47. The van der Waals surface area contributed by atoms with Crippen molar-refractivity contribution in [1.29, 1.82) is 0 Å². The molecule has 0 saturated carbocycles. The van der Waals surface area contributed by atoms with E-state index in [0.29, 0.717) is 47.7 Å². The van der Waals surface area contributed by atoms with Gasteiger partial charge in [-0.15, -0.1) is 0 Å². The number of hydrogen-bond acceptors (Lipinski definition) is 7. The lowest BCUT2D eigenvalue weighted by Gasteiger charge is -2.33. The minimum Gasteiger partial charge on any atom is -0.493 e. The number of aliphatic hydroxyl groups is 1. The molecule has 1 saturated heterocycles. The fraction of sp³-hybridized carbons (Fsp3) is 0.423. The van der Waals surface area contributed by atoms with Crippen LogP contribution in [0.1, 0.15) is 44.6 Å². The van der Waals surface area contributed by atoms with E-state index in [4.69, 9.17) is 25.6 Å². The van der Waals surface area contributed by atoms with Crippen molar-refractivity contribution in [1.82, 2.24) is 15.0 Å². The Labute approximate surface area is 209 Å². The SMILES string of the molecule is CCC(=O)N1C[C@@H](c2ccc(OC)c(OCc3nc(-c4ccc(Cl)cc4)no3)c2)[C@](C)([C@@H](C)O)C1. The number of rotatable bonds is 8. The van der Waals surface area contributed by atoms with Crippen molar-refractivity contribution in [2.45, 2.75) is 45.8 Å². The van der Waals surface area contributed by atoms with Gasteiger partial charge in [0.15, 0.2) is 18.1 Å². The average Bonchev–Trinajstić information content (AvgIpc) is 3.48. The molecule has 1 aliphatic heterocycles. The second kappa shape index (κ2) is 10.3. The Bertz CT molecular complexity index is 1180. The van der Waals surface area contributed by atoms with Gasteiger partial charge in [-0.3, -0.25) is 4.79 Å². The number of carbonyl (C=O) groups is 1. The summed E-state index contributed by atoms with van der Waals surface area (Å²) in [5, 5.41) is 15.3. The van der Waals surface area contributed by atoms with E-state index in [9.17, 15) is 9.90 Å². The first-order valence-corrected chi connectivity index (χ1v) is 12.0. The van der Waals surface area contributed by atoms with Crippen LogP contribution in [-0.4, -0.2) is 52.4 Å². The molecule has 1 amide bonds. The fourth-order valence-corrected chi connectivity index (χ4v) is 4.66. The van der Waals surface area contributed by atoms with Crippen molar-refractivity contribution in [3.8, 4) is 22.9 Å². The maximum absolute atomic E-state index is 12.4. The van der Waals surface area contributed by atoms with Crippen molar-refractivity contribution in [2.24, 2.45) is 5.41 Å². The third kappa shape index (κ3) is 5.13. The van der Waals surface area contributed by atoms with Gasteiger partial charge in [0.1, 0.15) is 0 Å². The van der Waals surface area contributed by atoms with Crippen LogP contribution in [0.5, 0.6) is 11.5 Å². The second-order valence-electron chi connectivity index (χ2n) is 9.08. The first-order valence-electron chi connectivity index (χ1n) is 11.6. The summed E-state index contributed by atoms with van der Waals surface area (Å²) in [6.07, 6.45) is -0.166. The number of methoxy groups -OCH3 is 1. The molecule has 2 aromatic carbocycles. The minimum atomic E-state index is -0.599. The highest BCUT2D eigenvalue weighted by molar-refractivity contribution is 6.30. The standard InChI is InChI=1S/C26H30ClN3O5/c1-5-24(32)30-13-20(26(3,15-30)16(2)31)18-8-11-21(33-4)22(12-18)34-14-23-28-25(29-35-23)17-6-9-19(27)10-7-17/h6-12,16,20,31H,5,13-15H2,1-4H3/t16-,20+,26+/m1/s1. The van der Waals surface area contributed by atoms with Gasteiger partial charge in [0, 0.05) is 41.4 Å². The molecule has 4 rings (SSSR count). The van der Waals surface area contributed by atoms with Crippen LogP contribution in [0, 0.1) is 5.41 Å². The van der Waals surface area contributed by atoms with Crippen LogP contribution in [0.15, 0.2) is 47.0 Å². The molecule has 0 radical (unpaired) electrons. The summed E-state index contributed by atoms with van der Waals surface area (Å²) in [6, 6.07) is 12.9. The van der Waals surface area contributed by atoms with E-state index in [1.165, 1.54) is 0 Å². The quantitative estimate of drug-likeness (QED) is 0.479. The minimum absolute atomic E-state index is 0.0547. The molecule has 0 bridgehead atoms. The van der Waals surface area contributed by atoms with Gasteiger partial charge in [-0.1, -0.05) is 36.7 Å². The summed E-state index contributed by atoms with van der Waals surface area (Å²) in [6.45, 7) is 6.74. The topological polar surface area (TPSA) is 97.9 Å². The second-order valence-corrected chi connectivity index (χ2v) is 9.52. The number of halogens is 1. The molecular formula is C26H30ClN3O5. The number of benzene rings is 2. The van der Waals surface area contributed by atoms with Crippen LogP contribution in [0.2, 0.25) is 5.02 Å². The maximum Gasteiger partial charge on any atom is 0.264 e. The third-order valence-electron chi connectivity index (χ3n) is 6.85. The van der Waals surface area contributed by atoms with Crippen LogP contribution in [0.3, 0.4) is 0 Å². The molecule has 0 spiro atoms. The molecule has 0 aliphatic carbocycles. The van der Waals surface area contributed by atoms with Crippen LogP contribution in [0.4, 0.5) is 0 Å². The summed E-state index contributed by atoms with van der Waals surface area (Å²) < 4.78 is 16.9. The van der Waals surface area contributed by atoms with Gasteiger partial charge < -0.3 is 24.0 Å². The Morgan fingerprint density at radius 2 is 2.03 bits per heavy atom. The van der Waals surface area contributed by atoms with Crippen molar-refractivity contribution >= 4 is 17.5 Å². The molecule has 35 heavy (non-hydrogen) atoms. The number of aromatic nitrogens is 2. The molecule has 0 unspecified atom stereocenters. The van der Waals surface area contributed by atoms with Crippen LogP contribution < -0.4 is 9.47 Å². The Morgan fingerprint density at radius 3 is 2.69 bits per heavy atom. The number of likely N-dealkylation sites (tertiary alicyclic amines) is 1. The summed E-state index contributed by atoms with van der Waals surface area (Å²) in [5.74, 6) is 1.86. The summed E-state index contributed by atoms with van der Waals surface area (Å²) in [5.41, 5.74) is 1.26. The number of hydrogen-bond donors (Lipinski definition) is 1. The Balaban J connectivity index is 1.55. The number of nitrogens with zero attached hydrogens (tertiary/aromatic N) is 3. The van der Waals surface area contributed by atoms with Gasteiger partial charge in [0.05, 0.1) is 13.2 Å². The van der Waals surface area contributed by atoms with Gasteiger partial charge in [0.25, 0.3) is 5.89 Å². The highest BCUT2D eigenvalue weighted by atomic mass is 35.5. The zero-order chi connectivity index (χ0) is 25.2. The van der Waals surface area contributed by atoms with E-state index in [0.717, 1.165) is 11.1 Å². The molecular weight excluding hydrogens is 470 g/mol. The van der Waals surface area contributed by atoms with E-state index >= 15 is 0 Å².